The van der Waals surface area contributed by atoms with Crippen molar-refractivity contribution < 1.29 is 4.79 Å². The predicted octanol–water partition coefficient (Wildman–Crippen LogP) is 5.26. The molecule has 150 valence electrons. The number of amides is 1. The van der Waals surface area contributed by atoms with E-state index in [9.17, 15) is 4.79 Å². The van der Waals surface area contributed by atoms with Crippen LogP contribution in [0.5, 0.6) is 0 Å². The molecule has 1 aliphatic rings. The zero-order chi connectivity index (χ0) is 20.9. The highest BCUT2D eigenvalue weighted by Crippen LogP contribution is 2.31. The summed E-state index contributed by atoms with van der Waals surface area (Å²) in [6.07, 6.45) is 4.82. The lowest BCUT2D eigenvalue weighted by molar-refractivity contribution is -0.122. The highest BCUT2D eigenvalue weighted by molar-refractivity contribution is 6.10. The molecule has 0 saturated carbocycles. The average molecular weight is 395 g/mol. The highest BCUT2D eigenvalue weighted by atomic mass is 16.2. The number of nitrogens with zero attached hydrogens (tertiary/aromatic N) is 2. The number of hydrogen-bond acceptors (Lipinski definition) is 2. The number of carbonyl (C=O) groups is 1. The van der Waals surface area contributed by atoms with Crippen molar-refractivity contribution in [3.05, 3.63) is 113 Å². The quantitative estimate of drug-likeness (QED) is 0.532. The third-order valence-corrected chi connectivity index (χ3v) is 5.34. The van der Waals surface area contributed by atoms with E-state index in [0.29, 0.717) is 6.54 Å². The first kappa shape index (κ1) is 19.7. The molecule has 1 amide bonds. The van der Waals surface area contributed by atoms with Gasteiger partial charge in [-0.15, -0.1) is 0 Å². The van der Waals surface area contributed by atoms with Gasteiger partial charge in [-0.1, -0.05) is 72.8 Å². The van der Waals surface area contributed by atoms with E-state index in [4.69, 9.17) is 0 Å². The fourth-order valence-corrected chi connectivity index (χ4v) is 3.66. The molecular weight excluding hydrogens is 368 g/mol. The Morgan fingerprint density at radius 1 is 0.833 bits per heavy atom. The molecule has 3 aromatic rings. The van der Waals surface area contributed by atoms with E-state index in [2.05, 4.69) is 53.4 Å². The Hall–Kier alpha value is -3.59. The van der Waals surface area contributed by atoms with Gasteiger partial charge in [-0.2, -0.15) is 0 Å². The van der Waals surface area contributed by atoms with E-state index in [1.165, 1.54) is 5.56 Å². The summed E-state index contributed by atoms with van der Waals surface area (Å²) in [4.78, 5) is 17.3. The van der Waals surface area contributed by atoms with Crippen LogP contribution in [0.3, 0.4) is 0 Å². The molecule has 0 radical (unpaired) electrons. The van der Waals surface area contributed by atoms with Crippen LogP contribution < -0.4 is 4.90 Å². The lowest BCUT2D eigenvalue weighted by Crippen LogP contribution is -2.27. The van der Waals surface area contributed by atoms with Gasteiger partial charge in [-0.3, -0.25) is 4.79 Å². The summed E-state index contributed by atoms with van der Waals surface area (Å²) in [5.74, 6) is 0.0569. The van der Waals surface area contributed by atoms with Crippen LogP contribution in [0.4, 0.5) is 5.69 Å². The second-order valence-corrected chi connectivity index (χ2v) is 7.67. The van der Waals surface area contributed by atoms with Crippen molar-refractivity contribution in [1.82, 2.24) is 4.90 Å². The molecule has 3 nitrogen and oxygen atoms in total. The van der Waals surface area contributed by atoms with Crippen LogP contribution in [0, 0.1) is 0 Å². The summed E-state index contributed by atoms with van der Waals surface area (Å²) >= 11 is 0. The second-order valence-electron chi connectivity index (χ2n) is 7.67. The monoisotopic (exact) mass is 394 g/mol. The van der Waals surface area contributed by atoms with E-state index in [0.717, 1.165) is 34.5 Å². The highest BCUT2D eigenvalue weighted by Gasteiger charge is 2.28. The Bertz CT molecular complexity index is 1060. The molecule has 0 aliphatic carbocycles. The molecule has 0 unspecified atom stereocenters. The maximum Gasteiger partial charge on any atom is 0.258 e. The molecule has 4 rings (SSSR count). The van der Waals surface area contributed by atoms with Crippen molar-refractivity contribution in [2.24, 2.45) is 0 Å². The fraction of sp³-hybridized carbons (Fsp3) is 0.148. The van der Waals surface area contributed by atoms with Gasteiger partial charge in [0.2, 0.25) is 0 Å². The predicted molar refractivity (Wildman–Crippen MR) is 125 cm³/mol. The molecule has 30 heavy (non-hydrogen) atoms. The zero-order valence-electron chi connectivity index (χ0n) is 17.5. The Kier molecular flexibility index (Phi) is 5.80. The Morgan fingerprint density at radius 3 is 2.10 bits per heavy atom. The topological polar surface area (TPSA) is 23.6 Å². The normalized spacial score (nSPS) is 14.9. The van der Waals surface area contributed by atoms with Crippen molar-refractivity contribution >= 4 is 23.4 Å². The fourth-order valence-electron chi connectivity index (χ4n) is 3.66. The molecule has 1 aliphatic heterocycles. The Morgan fingerprint density at radius 2 is 1.47 bits per heavy atom. The molecule has 0 fully saturated rings. The summed E-state index contributed by atoms with van der Waals surface area (Å²) in [6, 6.07) is 28.7. The van der Waals surface area contributed by atoms with Crippen molar-refractivity contribution in [1.29, 1.82) is 0 Å². The third kappa shape index (κ3) is 4.36. The van der Waals surface area contributed by atoms with Crippen LogP contribution in [-0.4, -0.2) is 31.4 Å². The summed E-state index contributed by atoms with van der Waals surface area (Å²) in [7, 11) is 4.04. The van der Waals surface area contributed by atoms with E-state index in [-0.39, 0.29) is 5.91 Å². The molecule has 1 heterocycles. The van der Waals surface area contributed by atoms with Gasteiger partial charge in [0, 0.05) is 31.9 Å². The van der Waals surface area contributed by atoms with E-state index in [1.54, 1.807) is 0 Å². The van der Waals surface area contributed by atoms with Gasteiger partial charge in [0.1, 0.15) is 0 Å². The molecule has 0 bridgehead atoms. The van der Waals surface area contributed by atoms with Gasteiger partial charge in [-0.25, -0.2) is 0 Å². The van der Waals surface area contributed by atoms with Gasteiger partial charge in [0.05, 0.1) is 5.70 Å². The number of rotatable bonds is 6. The molecule has 0 spiro atoms. The van der Waals surface area contributed by atoms with E-state index >= 15 is 0 Å². The van der Waals surface area contributed by atoms with E-state index in [1.807, 2.05) is 67.5 Å². The lowest BCUT2D eigenvalue weighted by atomic mass is 10.1. The number of carbonyl (C=O) groups excluding carboxylic acids is 1. The minimum absolute atomic E-state index is 0.0569. The summed E-state index contributed by atoms with van der Waals surface area (Å²) in [5.41, 5.74) is 6.14. The van der Waals surface area contributed by atoms with Crippen molar-refractivity contribution in [2.75, 3.05) is 25.5 Å². The van der Waals surface area contributed by atoms with Crippen molar-refractivity contribution in [3.63, 3.8) is 0 Å². The average Bonchev–Trinajstić information content (AvgIpc) is 3.09. The molecule has 3 aromatic carbocycles. The first-order chi connectivity index (χ1) is 14.6. The first-order valence-electron chi connectivity index (χ1n) is 10.2. The van der Waals surface area contributed by atoms with Gasteiger partial charge < -0.3 is 9.80 Å². The van der Waals surface area contributed by atoms with Crippen LogP contribution in [-0.2, 0) is 11.2 Å². The summed E-state index contributed by atoms with van der Waals surface area (Å²) in [5, 5.41) is 0. The van der Waals surface area contributed by atoms with Crippen LogP contribution in [0.25, 0.3) is 11.8 Å². The summed E-state index contributed by atoms with van der Waals surface area (Å²) < 4.78 is 0. The maximum absolute atomic E-state index is 13.3. The number of hydrogen-bond donors (Lipinski definition) is 0. The second kappa shape index (κ2) is 8.83. The van der Waals surface area contributed by atoms with Crippen LogP contribution in [0.15, 0.2) is 96.6 Å². The van der Waals surface area contributed by atoms with Crippen LogP contribution in [0.1, 0.15) is 16.7 Å². The largest absolute Gasteiger partial charge is 0.378 e. The third-order valence-electron chi connectivity index (χ3n) is 5.34. The van der Waals surface area contributed by atoms with Gasteiger partial charge in [-0.05, 0) is 47.4 Å². The number of benzene rings is 3. The summed E-state index contributed by atoms with van der Waals surface area (Å²) in [6.45, 7) is 0.653. The maximum atomic E-state index is 13.3. The zero-order valence-corrected chi connectivity index (χ0v) is 17.5. The number of anilines is 1. The van der Waals surface area contributed by atoms with Gasteiger partial charge >= 0.3 is 0 Å². The molecule has 0 N–H and O–H groups in total. The van der Waals surface area contributed by atoms with Crippen LogP contribution >= 0.6 is 0 Å². The van der Waals surface area contributed by atoms with E-state index < -0.39 is 0 Å². The SMILES string of the molecule is CN(C)c1ccc(/C=C2\C=C(c3ccccc3)N(CCc3ccccc3)C2=O)cc1. The minimum atomic E-state index is 0.0569. The van der Waals surface area contributed by atoms with Crippen LogP contribution in [0.2, 0.25) is 0 Å². The molecule has 0 atom stereocenters. The molecule has 0 saturated heterocycles. The minimum Gasteiger partial charge on any atom is -0.378 e. The van der Waals surface area contributed by atoms with Crippen molar-refractivity contribution in [2.45, 2.75) is 6.42 Å². The Labute approximate surface area is 178 Å². The van der Waals surface area contributed by atoms with Crippen molar-refractivity contribution in [3.8, 4) is 0 Å². The van der Waals surface area contributed by atoms with Gasteiger partial charge in [0.15, 0.2) is 0 Å². The van der Waals surface area contributed by atoms with Gasteiger partial charge in [0.25, 0.3) is 5.91 Å². The molecular formula is C27H26N2O. The lowest BCUT2D eigenvalue weighted by Gasteiger charge is -2.20. The molecule has 0 aromatic heterocycles. The standard InChI is InChI=1S/C27H26N2O/c1-28(2)25-15-13-22(14-16-25)19-24-20-26(23-11-7-4-8-12-23)29(27(24)30)18-17-21-9-5-3-6-10-21/h3-16,19-20H,17-18H2,1-2H3/b24-19+. The smallest absolute Gasteiger partial charge is 0.258 e. The first-order valence-corrected chi connectivity index (χ1v) is 10.2. The Balaban J connectivity index is 1.63. The molecule has 3 heteroatoms.